The Hall–Kier alpha value is -2.89. The van der Waals surface area contributed by atoms with Crippen LogP contribution in [0.2, 0.25) is 0 Å². The van der Waals surface area contributed by atoms with Crippen molar-refractivity contribution in [3.05, 3.63) is 69.8 Å². The van der Waals surface area contributed by atoms with Crippen molar-refractivity contribution < 1.29 is 14.5 Å². The van der Waals surface area contributed by atoms with E-state index in [1.165, 1.54) is 29.8 Å². The largest absolute Gasteiger partial charge is 0.484 e. The standard InChI is InChI=1S/C22H28N2O4/c1-15(2)13-17-5-7-18(8-6-17)22(16(3)4)23-21(25)14-28-20-11-9-19(10-12-20)24(26)27/h5-12,15-16,22H,13-14H2,1-4H3,(H,23,25). The van der Waals surface area contributed by atoms with Gasteiger partial charge in [-0.2, -0.15) is 0 Å². The van der Waals surface area contributed by atoms with Gasteiger partial charge >= 0.3 is 0 Å². The Labute approximate surface area is 166 Å². The molecule has 2 aromatic rings. The van der Waals surface area contributed by atoms with Gasteiger partial charge in [0, 0.05) is 12.1 Å². The summed E-state index contributed by atoms with van der Waals surface area (Å²) in [6.45, 7) is 8.35. The van der Waals surface area contributed by atoms with Crippen LogP contribution in [0, 0.1) is 22.0 Å². The first-order valence-corrected chi connectivity index (χ1v) is 9.51. The molecule has 1 unspecified atom stereocenters. The van der Waals surface area contributed by atoms with Crippen molar-refractivity contribution in [2.75, 3.05) is 6.61 Å². The van der Waals surface area contributed by atoms with Crippen LogP contribution in [0.5, 0.6) is 5.75 Å². The van der Waals surface area contributed by atoms with E-state index in [0.29, 0.717) is 11.7 Å². The van der Waals surface area contributed by atoms with E-state index >= 15 is 0 Å². The van der Waals surface area contributed by atoms with Gasteiger partial charge in [-0.1, -0.05) is 52.0 Å². The molecule has 0 heterocycles. The molecular weight excluding hydrogens is 356 g/mol. The number of nitro benzene ring substituents is 1. The third-order valence-corrected chi connectivity index (χ3v) is 4.38. The minimum Gasteiger partial charge on any atom is -0.484 e. The maximum atomic E-state index is 12.3. The van der Waals surface area contributed by atoms with E-state index in [9.17, 15) is 14.9 Å². The lowest BCUT2D eigenvalue weighted by molar-refractivity contribution is -0.384. The minimum atomic E-state index is -0.476. The highest BCUT2D eigenvalue weighted by Crippen LogP contribution is 2.23. The zero-order chi connectivity index (χ0) is 20.7. The summed E-state index contributed by atoms with van der Waals surface area (Å²) < 4.78 is 5.45. The van der Waals surface area contributed by atoms with Gasteiger partial charge in [0.1, 0.15) is 5.75 Å². The summed E-state index contributed by atoms with van der Waals surface area (Å²) in [5.41, 5.74) is 2.33. The highest BCUT2D eigenvalue weighted by atomic mass is 16.6. The third-order valence-electron chi connectivity index (χ3n) is 4.38. The van der Waals surface area contributed by atoms with Gasteiger partial charge < -0.3 is 10.1 Å². The van der Waals surface area contributed by atoms with Gasteiger partial charge in [-0.25, -0.2) is 0 Å². The molecule has 6 nitrogen and oxygen atoms in total. The summed E-state index contributed by atoms with van der Waals surface area (Å²) in [5.74, 6) is 1.01. The van der Waals surface area contributed by atoms with Crippen molar-refractivity contribution in [1.29, 1.82) is 0 Å². The normalized spacial score (nSPS) is 12.1. The average molecular weight is 384 g/mol. The van der Waals surface area contributed by atoms with Gasteiger partial charge in [0.05, 0.1) is 11.0 Å². The van der Waals surface area contributed by atoms with Crippen LogP contribution in [0.4, 0.5) is 5.69 Å². The average Bonchev–Trinajstić information content (AvgIpc) is 2.65. The van der Waals surface area contributed by atoms with Gasteiger partial charge in [0.15, 0.2) is 6.61 Å². The Balaban J connectivity index is 1.95. The lowest BCUT2D eigenvalue weighted by Crippen LogP contribution is -2.35. The minimum absolute atomic E-state index is 0.0161. The van der Waals surface area contributed by atoms with E-state index in [-0.39, 0.29) is 30.2 Å². The number of hydrogen-bond acceptors (Lipinski definition) is 4. The van der Waals surface area contributed by atoms with E-state index in [1.54, 1.807) is 0 Å². The van der Waals surface area contributed by atoms with Crippen molar-refractivity contribution in [2.24, 2.45) is 11.8 Å². The predicted molar refractivity (Wildman–Crippen MR) is 109 cm³/mol. The van der Waals surface area contributed by atoms with Crippen molar-refractivity contribution in [2.45, 2.75) is 40.2 Å². The molecule has 150 valence electrons. The number of benzene rings is 2. The van der Waals surface area contributed by atoms with Crippen molar-refractivity contribution in [3.63, 3.8) is 0 Å². The maximum absolute atomic E-state index is 12.3. The highest BCUT2D eigenvalue weighted by Gasteiger charge is 2.19. The lowest BCUT2D eigenvalue weighted by Gasteiger charge is -2.23. The number of hydrogen-bond donors (Lipinski definition) is 1. The molecule has 0 bridgehead atoms. The molecule has 0 aliphatic rings. The van der Waals surface area contributed by atoms with Gasteiger partial charge in [0.25, 0.3) is 11.6 Å². The first kappa shape index (κ1) is 21.4. The van der Waals surface area contributed by atoms with Crippen LogP contribution in [0.25, 0.3) is 0 Å². The fourth-order valence-electron chi connectivity index (χ4n) is 3.00. The molecular formula is C22H28N2O4. The Morgan fingerprint density at radius 2 is 1.64 bits per heavy atom. The molecule has 0 aromatic heterocycles. The summed E-state index contributed by atoms with van der Waals surface area (Å²) in [5, 5.41) is 13.7. The SMILES string of the molecule is CC(C)Cc1ccc(C(NC(=O)COc2ccc([N+](=O)[O-])cc2)C(C)C)cc1. The van der Waals surface area contributed by atoms with Crippen LogP contribution in [0.3, 0.4) is 0 Å². The molecule has 2 aromatic carbocycles. The zero-order valence-corrected chi connectivity index (χ0v) is 16.8. The molecule has 0 saturated heterocycles. The summed E-state index contributed by atoms with van der Waals surface area (Å²) in [7, 11) is 0. The number of ether oxygens (including phenoxy) is 1. The molecule has 1 amide bonds. The van der Waals surface area contributed by atoms with Gasteiger partial charge in [-0.05, 0) is 41.5 Å². The lowest BCUT2D eigenvalue weighted by atomic mass is 9.93. The number of non-ortho nitro benzene ring substituents is 1. The second-order valence-corrected chi connectivity index (χ2v) is 7.67. The maximum Gasteiger partial charge on any atom is 0.269 e. The molecule has 0 aliphatic carbocycles. The monoisotopic (exact) mass is 384 g/mol. The number of carbonyl (C=O) groups is 1. The Bertz CT molecular complexity index is 783. The molecule has 1 atom stereocenters. The second-order valence-electron chi connectivity index (χ2n) is 7.67. The second kappa shape index (κ2) is 9.88. The molecule has 2 rings (SSSR count). The van der Waals surface area contributed by atoms with E-state index in [4.69, 9.17) is 4.74 Å². The summed E-state index contributed by atoms with van der Waals surface area (Å²) in [4.78, 5) is 22.5. The molecule has 1 N–H and O–H groups in total. The summed E-state index contributed by atoms with van der Waals surface area (Å²) >= 11 is 0. The highest BCUT2D eigenvalue weighted by molar-refractivity contribution is 5.78. The van der Waals surface area contributed by atoms with E-state index in [1.807, 2.05) is 0 Å². The smallest absolute Gasteiger partial charge is 0.269 e. The fraction of sp³-hybridized carbons (Fsp3) is 0.409. The molecule has 28 heavy (non-hydrogen) atoms. The van der Waals surface area contributed by atoms with Crippen molar-refractivity contribution in [1.82, 2.24) is 5.32 Å². The van der Waals surface area contributed by atoms with E-state index in [2.05, 4.69) is 57.3 Å². The van der Waals surface area contributed by atoms with Crippen LogP contribution < -0.4 is 10.1 Å². The predicted octanol–water partition coefficient (Wildman–Crippen LogP) is 4.69. The number of nitro groups is 1. The van der Waals surface area contributed by atoms with Gasteiger partial charge in [-0.3, -0.25) is 14.9 Å². The third kappa shape index (κ3) is 6.37. The quantitative estimate of drug-likeness (QED) is 0.502. The topological polar surface area (TPSA) is 81.5 Å². The van der Waals surface area contributed by atoms with Crippen LogP contribution in [-0.2, 0) is 11.2 Å². The van der Waals surface area contributed by atoms with Crippen molar-refractivity contribution >= 4 is 11.6 Å². The number of nitrogens with zero attached hydrogens (tertiary/aromatic N) is 1. The Morgan fingerprint density at radius 3 is 2.14 bits per heavy atom. The van der Waals surface area contributed by atoms with Crippen LogP contribution in [0.1, 0.15) is 44.9 Å². The van der Waals surface area contributed by atoms with Crippen LogP contribution in [0.15, 0.2) is 48.5 Å². The molecule has 0 radical (unpaired) electrons. The number of rotatable bonds is 9. The first-order chi connectivity index (χ1) is 13.3. The summed E-state index contributed by atoms with van der Waals surface area (Å²) in [6, 6.07) is 13.9. The van der Waals surface area contributed by atoms with E-state index < -0.39 is 4.92 Å². The van der Waals surface area contributed by atoms with Crippen LogP contribution in [-0.4, -0.2) is 17.4 Å². The Kier molecular flexibility index (Phi) is 7.55. The van der Waals surface area contributed by atoms with Gasteiger partial charge in [0.2, 0.25) is 0 Å². The molecule has 0 spiro atoms. The van der Waals surface area contributed by atoms with Gasteiger partial charge in [-0.15, -0.1) is 0 Å². The molecule has 0 fully saturated rings. The molecule has 0 saturated carbocycles. The number of amides is 1. The van der Waals surface area contributed by atoms with Crippen LogP contribution >= 0.6 is 0 Å². The number of nitrogens with one attached hydrogen (secondary N) is 1. The number of carbonyl (C=O) groups excluding carboxylic acids is 1. The summed E-state index contributed by atoms with van der Waals surface area (Å²) in [6.07, 6.45) is 1.03. The molecule has 0 aliphatic heterocycles. The Morgan fingerprint density at radius 1 is 1.04 bits per heavy atom. The fourth-order valence-corrected chi connectivity index (χ4v) is 3.00. The van der Waals surface area contributed by atoms with E-state index in [0.717, 1.165) is 12.0 Å². The molecule has 6 heteroatoms. The first-order valence-electron chi connectivity index (χ1n) is 9.51. The van der Waals surface area contributed by atoms with Crippen molar-refractivity contribution in [3.8, 4) is 5.75 Å². The zero-order valence-electron chi connectivity index (χ0n) is 16.8.